The summed E-state index contributed by atoms with van der Waals surface area (Å²) < 4.78 is 13.3. The Morgan fingerprint density at radius 2 is 2.00 bits per heavy atom. The Morgan fingerprint density at radius 3 is 2.77 bits per heavy atom. The lowest BCUT2D eigenvalue weighted by Gasteiger charge is -2.13. The van der Waals surface area contributed by atoms with Crippen molar-refractivity contribution in [2.75, 3.05) is 5.32 Å². The van der Waals surface area contributed by atoms with Crippen LogP contribution in [0.4, 0.5) is 14.9 Å². The molecule has 1 saturated heterocycles. The number of hydrogen-bond acceptors (Lipinski definition) is 5. The highest BCUT2D eigenvalue weighted by molar-refractivity contribution is 6.06. The molecule has 1 aromatic heterocycles. The van der Waals surface area contributed by atoms with Crippen molar-refractivity contribution >= 4 is 23.5 Å². The number of amides is 4. The topological polar surface area (TPSA) is 120 Å². The Labute approximate surface area is 170 Å². The van der Waals surface area contributed by atoms with Gasteiger partial charge in [0.1, 0.15) is 18.2 Å². The fourth-order valence-electron chi connectivity index (χ4n) is 3.17. The van der Waals surface area contributed by atoms with Gasteiger partial charge in [0, 0.05) is 11.3 Å². The summed E-state index contributed by atoms with van der Waals surface area (Å²) in [7, 11) is 0. The van der Waals surface area contributed by atoms with Gasteiger partial charge in [-0.1, -0.05) is 24.3 Å². The third-order valence-corrected chi connectivity index (χ3v) is 4.56. The smallest absolute Gasteiger partial charge is 0.325 e. The molecular weight excluding hydrogens is 391 g/mol. The van der Waals surface area contributed by atoms with E-state index in [0.717, 1.165) is 10.5 Å². The molecule has 0 radical (unpaired) electrons. The van der Waals surface area contributed by atoms with Gasteiger partial charge in [-0.15, -0.1) is 0 Å². The maximum atomic E-state index is 13.3. The van der Waals surface area contributed by atoms with Crippen molar-refractivity contribution in [1.82, 2.24) is 25.4 Å². The summed E-state index contributed by atoms with van der Waals surface area (Å²) in [6, 6.07) is 11.0. The molecule has 4 amide bonds. The van der Waals surface area contributed by atoms with Gasteiger partial charge in [0.15, 0.2) is 5.82 Å². The second-order valence-corrected chi connectivity index (χ2v) is 6.72. The Bertz CT molecular complexity index is 1100. The Kier molecular flexibility index (Phi) is 5.21. The van der Waals surface area contributed by atoms with Gasteiger partial charge in [-0.05, 0) is 29.8 Å². The number of benzene rings is 2. The summed E-state index contributed by atoms with van der Waals surface area (Å²) >= 11 is 0. The highest BCUT2D eigenvalue weighted by Crippen LogP contribution is 2.20. The van der Waals surface area contributed by atoms with E-state index in [2.05, 4.69) is 25.8 Å². The van der Waals surface area contributed by atoms with Crippen LogP contribution in [0.25, 0.3) is 11.4 Å². The average molecular weight is 408 g/mol. The molecule has 0 saturated carbocycles. The van der Waals surface area contributed by atoms with Gasteiger partial charge in [0.25, 0.3) is 5.91 Å². The number of halogens is 1. The van der Waals surface area contributed by atoms with Crippen LogP contribution in [0, 0.1) is 5.82 Å². The molecule has 10 heteroatoms. The number of urea groups is 1. The molecule has 30 heavy (non-hydrogen) atoms. The Morgan fingerprint density at radius 1 is 1.17 bits per heavy atom. The number of rotatable bonds is 6. The maximum absolute atomic E-state index is 13.3. The molecule has 1 fully saturated rings. The van der Waals surface area contributed by atoms with E-state index in [1.807, 2.05) is 0 Å². The lowest BCUT2D eigenvalue weighted by molar-refractivity contribution is -0.130. The molecule has 3 aromatic rings. The lowest BCUT2D eigenvalue weighted by Crippen LogP contribution is -2.34. The second-order valence-electron chi connectivity index (χ2n) is 6.72. The molecule has 0 spiro atoms. The number of nitrogens with zero attached hydrogens (tertiary/aromatic N) is 3. The first-order chi connectivity index (χ1) is 14.5. The highest BCUT2D eigenvalue weighted by atomic mass is 19.1. The van der Waals surface area contributed by atoms with E-state index >= 15 is 0 Å². The quantitative estimate of drug-likeness (QED) is 0.539. The number of aromatic amines is 1. The van der Waals surface area contributed by atoms with Crippen LogP contribution >= 0.6 is 0 Å². The average Bonchev–Trinajstić information content (AvgIpc) is 3.33. The number of nitrogens with one attached hydrogen (secondary N) is 3. The van der Waals surface area contributed by atoms with Crippen molar-refractivity contribution in [1.29, 1.82) is 0 Å². The van der Waals surface area contributed by atoms with Crippen LogP contribution in [0.1, 0.15) is 12.0 Å². The molecular formula is C20H17FN6O3. The predicted molar refractivity (Wildman–Crippen MR) is 104 cm³/mol. The zero-order chi connectivity index (χ0) is 21.1. The first-order valence-electron chi connectivity index (χ1n) is 9.11. The van der Waals surface area contributed by atoms with E-state index in [0.29, 0.717) is 17.1 Å². The minimum atomic E-state index is -0.983. The highest BCUT2D eigenvalue weighted by Gasteiger charge is 2.39. The van der Waals surface area contributed by atoms with Gasteiger partial charge < -0.3 is 10.6 Å². The van der Waals surface area contributed by atoms with Crippen LogP contribution in [0.3, 0.4) is 0 Å². The van der Waals surface area contributed by atoms with Crippen molar-refractivity contribution in [3.8, 4) is 11.4 Å². The summed E-state index contributed by atoms with van der Waals surface area (Å²) in [5.74, 6) is -0.869. The molecule has 0 aliphatic carbocycles. The summed E-state index contributed by atoms with van der Waals surface area (Å²) in [6.45, 7) is -0.0697. The minimum Gasteiger partial charge on any atom is -0.326 e. The molecule has 2 heterocycles. The van der Waals surface area contributed by atoms with Gasteiger partial charge >= 0.3 is 6.03 Å². The van der Waals surface area contributed by atoms with Crippen LogP contribution in [0.15, 0.2) is 54.9 Å². The molecule has 1 aliphatic rings. The van der Waals surface area contributed by atoms with Crippen LogP contribution in [-0.2, 0) is 16.1 Å². The fraction of sp³-hybridized carbons (Fsp3) is 0.150. The molecule has 152 valence electrons. The number of anilines is 1. The maximum Gasteiger partial charge on any atom is 0.325 e. The largest absolute Gasteiger partial charge is 0.326 e. The second kappa shape index (κ2) is 8.11. The predicted octanol–water partition coefficient (Wildman–Crippen LogP) is 2.06. The molecule has 1 atom stereocenters. The van der Waals surface area contributed by atoms with E-state index < -0.39 is 29.7 Å². The number of H-pyrrole nitrogens is 1. The van der Waals surface area contributed by atoms with Crippen LogP contribution < -0.4 is 10.6 Å². The first kappa shape index (κ1) is 19.2. The van der Waals surface area contributed by atoms with Crippen molar-refractivity contribution < 1.29 is 18.8 Å². The van der Waals surface area contributed by atoms with E-state index in [4.69, 9.17) is 0 Å². The standard InChI is InChI=1S/C20H17FN6O3/c21-14-5-1-3-12(7-14)10-27-19(29)16(25-20(27)30)9-17(28)24-15-6-2-4-13(8-15)18-22-11-23-26-18/h1-8,11,16H,9-10H2,(H,24,28)(H,25,30)(H,22,23,26)/t16-/m0/s1. The summed E-state index contributed by atoms with van der Waals surface area (Å²) in [4.78, 5) is 42.1. The summed E-state index contributed by atoms with van der Waals surface area (Å²) in [6.07, 6.45) is 1.15. The first-order valence-corrected chi connectivity index (χ1v) is 9.11. The van der Waals surface area contributed by atoms with Gasteiger partial charge in [-0.2, -0.15) is 5.10 Å². The number of hydrogen-bond donors (Lipinski definition) is 3. The van der Waals surface area contributed by atoms with E-state index in [1.54, 1.807) is 30.3 Å². The molecule has 2 aromatic carbocycles. The third kappa shape index (κ3) is 4.17. The number of carbonyl (C=O) groups excluding carboxylic acids is 3. The molecule has 0 unspecified atom stereocenters. The van der Waals surface area contributed by atoms with E-state index in [-0.39, 0.29) is 13.0 Å². The molecule has 9 nitrogen and oxygen atoms in total. The van der Waals surface area contributed by atoms with Gasteiger partial charge in [-0.25, -0.2) is 14.2 Å². The summed E-state index contributed by atoms with van der Waals surface area (Å²) in [5.41, 5.74) is 1.73. The third-order valence-electron chi connectivity index (χ3n) is 4.56. The molecule has 4 rings (SSSR count). The van der Waals surface area contributed by atoms with Crippen LogP contribution in [0.5, 0.6) is 0 Å². The Hall–Kier alpha value is -4.08. The monoisotopic (exact) mass is 408 g/mol. The fourth-order valence-corrected chi connectivity index (χ4v) is 3.17. The number of aromatic nitrogens is 3. The normalized spacial score (nSPS) is 15.9. The van der Waals surface area contributed by atoms with E-state index in [9.17, 15) is 18.8 Å². The van der Waals surface area contributed by atoms with Gasteiger partial charge in [0.05, 0.1) is 13.0 Å². The van der Waals surface area contributed by atoms with Crippen molar-refractivity contribution in [2.24, 2.45) is 0 Å². The number of imide groups is 1. The summed E-state index contributed by atoms with van der Waals surface area (Å²) in [5, 5.41) is 11.7. The number of carbonyl (C=O) groups is 3. The van der Waals surface area contributed by atoms with Gasteiger partial charge in [0.2, 0.25) is 5.91 Å². The minimum absolute atomic E-state index is 0.0697. The van der Waals surface area contributed by atoms with E-state index in [1.165, 1.54) is 24.5 Å². The van der Waals surface area contributed by atoms with Crippen LogP contribution in [0.2, 0.25) is 0 Å². The van der Waals surface area contributed by atoms with Crippen molar-refractivity contribution in [2.45, 2.75) is 19.0 Å². The van der Waals surface area contributed by atoms with Crippen molar-refractivity contribution in [3.63, 3.8) is 0 Å². The molecule has 3 N–H and O–H groups in total. The lowest BCUT2D eigenvalue weighted by atomic mass is 10.1. The van der Waals surface area contributed by atoms with Crippen molar-refractivity contribution in [3.05, 3.63) is 66.2 Å². The Balaban J connectivity index is 1.38. The molecule has 0 bridgehead atoms. The zero-order valence-electron chi connectivity index (χ0n) is 15.6. The van der Waals surface area contributed by atoms with Gasteiger partial charge in [-0.3, -0.25) is 19.6 Å². The van der Waals surface area contributed by atoms with Crippen LogP contribution in [-0.4, -0.2) is 44.0 Å². The SMILES string of the molecule is O=C(C[C@@H]1NC(=O)N(Cc2cccc(F)c2)C1=O)Nc1cccc(-c2ncn[nH]2)c1. The molecule has 1 aliphatic heterocycles. The zero-order valence-corrected chi connectivity index (χ0v) is 15.6.